The number of benzene rings is 2. The van der Waals surface area contributed by atoms with Crippen molar-refractivity contribution in [2.24, 2.45) is 0 Å². The van der Waals surface area contributed by atoms with Crippen LogP contribution in [-0.4, -0.2) is 41.5 Å². The van der Waals surface area contributed by atoms with Gasteiger partial charge in [0.2, 0.25) is 0 Å². The molecule has 4 rings (SSSR count). The van der Waals surface area contributed by atoms with E-state index in [2.05, 4.69) is 32.5 Å². The summed E-state index contributed by atoms with van der Waals surface area (Å²) in [5, 5.41) is 23.0. The number of fused-ring (bicyclic) bond motifs is 1. The van der Waals surface area contributed by atoms with Gasteiger partial charge in [-0.1, -0.05) is 12.1 Å². The molecular formula is C18H18N4O. The first-order chi connectivity index (χ1) is 11.3. The minimum Gasteiger partial charge on any atom is -0.507 e. The molecule has 0 unspecified atom stereocenters. The number of phenols is 1. The molecule has 2 heterocycles. The molecule has 5 heteroatoms. The van der Waals surface area contributed by atoms with E-state index in [1.165, 1.54) is 5.69 Å². The summed E-state index contributed by atoms with van der Waals surface area (Å²) in [4.78, 5) is 2.37. The molecule has 116 valence electrons. The highest BCUT2D eigenvalue weighted by Gasteiger charge is 2.12. The van der Waals surface area contributed by atoms with Gasteiger partial charge in [0.25, 0.3) is 0 Å². The van der Waals surface area contributed by atoms with Crippen molar-refractivity contribution in [3.63, 3.8) is 0 Å². The van der Waals surface area contributed by atoms with E-state index >= 15 is 0 Å². The molecule has 0 atom stereocenters. The molecule has 2 aromatic carbocycles. The van der Waals surface area contributed by atoms with Gasteiger partial charge in [-0.25, -0.2) is 0 Å². The second-order valence-electron chi connectivity index (χ2n) is 5.73. The first-order valence-electron chi connectivity index (χ1n) is 7.83. The van der Waals surface area contributed by atoms with Gasteiger partial charge in [0.05, 0.1) is 11.2 Å². The molecule has 1 saturated heterocycles. The molecule has 23 heavy (non-hydrogen) atoms. The van der Waals surface area contributed by atoms with E-state index in [4.69, 9.17) is 0 Å². The maximum atomic E-state index is 10.0. The highest BCUT2D eigenvalue weighted by molar-refractivity contribution is 5.85. The topological polar surface area (TPSA) is 61.3 Å². The predicted octanol–water partition coefficient (Wildman–Crippen LogP) is 2.41. The van der Waals surface area contributed by atoms with E-state index in [1.54, 1.807) is 12.1 Å². The molecular weight excluding hydrogens is 288 g/mol. The van der Waals surface area contributed by atoms with Crippen molar-refractivity contribution < 1.29 is 5.11 Å². The van der Waals surface area contributed by atoms with Crippen LogP contribution in [0.2, 0.25) is 0 Å². The van der Waals surface area contributed by atoms with E-state index in [1.807, 2.05) is 24.3 Å². The van der Waals surface area contributed by atoms with Crippen LogP contribution in [0.1, 0.15) is 0 Å². The molecule has 0 amide bonds. The summed E-state index contributed by atoms with van der Waals surface area (Å²) in [6.45, 7) is 4.04. The van der Waals surface area contributed by atoms with Crippen molar-refractivity contribution in [3.05, 3.63) is 48.5 Å². The number of piperazine rings is 1. The third-order valence-corrected chi connectivity index (χ3v) is 4.23. The zero-order chi connectivity index (χ0) is 15.6. The number of para-hydroxylation sites is 1. The number of nitrogens with one attached hydrogen (secondary N) is 1. The van der Waals surface area contributed by atoms with Crippen LogP contribution in [0.5, 0.6) is 5.75 Å². The van der Waals surface area contributed by atoms with E-state index in [-0.39, 0.29) is 5.75 Å². The summed E-state index contributed by atoms with van der Waals surface area (Å²) >= 11 is 0. The van der Waals surface area contributed by atoms with Gasteiger partial charge in [-0.3, -0.25) is 0 Å². The van der Waals surface area contributed by atoms with Gasteiger partial charge in [-0.05, 0) is 36.4 Å². The Morgan fingerprint density at radius 1 is 0.957 bits per heavy atom. The smallest absolute Gasteiger partial charge is 0.125 e. The van der Waals surface area contributed by atoms with Crippen molar-refractivity contribution in [2.75, 3.05) is 31.1 Å². The molecule has 0 bridgehead atoms. The highest BCUT2D eigenvalue weighted by atomic mass is 16.3. The molecule has 0 spiro atoms. The zero-order valence-electron chi connectivity index (χ0n) is 12.7. The minimum atomic E-state index is 0.222. The number of anilines is 1. The second kappa shape index (κ2) is 5.85. The number of nitrogens with zero attached hydrogens (tertiary/aromatic N) is 3. The predicted molar refractivity (Wildman–Crippen MR) is 91.7 cm³/mol. The Morgan fingerprint density at radius 3 is 2.61 bits per heavy atom. The summed E-state index contributed by atoms with van der Waals surface area (Å²) in [5.74, 6) is 0.222. The van der Waals surface area contributed by atoms with Gasteiger partial charge in [0.1, 0.15) is 5.75 Å². The van der Waals surface area contributed by atoms with Gasteiger partial charge >= 0.3 is 0 Å². The number of rotatable bonds is 2. The van der Waals surface area contributed by atoms with Crippen molar-refractivity contribution >= 4 is 16.6 Å². The summed E-state index contributed by atoms with van der Waals surface area (Å²) in [7, 11) is 0. The molecule has 2 N–H and O–H groups in total. The third kappa shape index (κ3) is 2.71. The van der Waals surface area contributed by atoms with Crippen LogP contribution in [0.15, 0.2) is 48.5 Å². The Labute approximate surface area is 134 Å². The monoisotopic (exact) mass is 306 g/mol. The summed E-state index contributed by atoms with van der Waals surface area (Å²) < 4.78 is 0. The minimum absolute atomic E-state index is 0.222. The van der Waals surface area contributed by atoms with Gasteiger partial charge in [0, 0.05) is 42.8 Å². The van der Waals surface area contributed by atoms with E-state index in [0.29, 0.717) is 11.3 Å². The molecule has 1 fully saturated rings. The number of hydrogen-bond acceptors (Lipinski definition) is 5. The van der Waals surface area contributed by atoms with E-state index in [0.717, 1.165) is 37.1 Å². The van der Waals surface area contributed by atoms with Crippen LogP contribution in [0, 0.1) is 0 Å². The Hall–Kier alpha value is -2.66. The van der Waals surface area contributed by atoms with Gasteiger partial charge < -0.3 is 15.3 Å². The number of aromatic hydroxyl groups is 1. The zero-order valence-corrected chi connectivity index (χ0v) is 12.7. The van der Waals surface area contributed by atoms with Crippen molar-refractivity contribution in [2.45, 2.75) is 0 Å². The lowest BCUT2D eigenvalue weighted by Gasteiger charge is -2.29. The molecule has 1 aliphatic heterocycles. The fourth-order valence-electron chi connectivity index (χ4n) is 2.97. The van der Waals surface area contributed by atoms with E-state index < -0.39 is 0 Å². The summed E-state index contributed by atoms with van der Waals surface area (Å²) in [6, 6.07) is 15.5. The SMILES string of the molecule is Oc1ccccc1-c1cc2cc(N3CCNCC3)ccc2nn1. The molecule has 5 nitrogen and oxygen atoms in total. The largest absolute Gasteiger partial charge is 0.507 e. The van der Waals surface area contributed by atoms with Crippen LogP contribution in [0.25, 0.3) is 22.2 Å². The lowest BCUT2D eigenvalue weighted by molar-refractivity contribution is 0.477. The Bertz CT molecular complexity index is 843. The maximum Gasteiger partial charge on any atom is 0.125 e. The van der Waals surface area contributed by atoms with Crippen LogP contribution in [0.4, 0.5) is 5.69 Å². The van der Waals surface area contributed by atoms with Gasteiger partial charge in [0.15, 0.2) is 0 Å². The fraction of sp³-hybridized carbons (Fsp3) is 0.222. The quantitative estimate of drug-likeness (QED) is 0.761. The van der Waals surface area contributed by atoms with Crippen LogP contribution < -0.4 is 10.2 Å². The number of hydrogen-bond donors (Lipinski definition) is 2. The first kappa shape index (κ1) is 14.0. The number of aromatic nitrogens is 2. The van der Waals surface area contributed by atoms with Gasteiger partial charge in [-0.2, -0.15) is 0 Å². The fourth-order valence-corrected chi connectivity index (χ4v) is 2.97. The average Bonchev–Trinajstić information content (AvgIpc) is 2.62. The normalized spacial score (nSPS) is 15.0. The van der Waals surface area contributed by atoms with Crippen LogP contribution in [0.3, 0.4) is 0 Å². The molecule has 0 aliphatic carbocycles. The Kier molecular flexibility index (Phi) is 3.55. The molecule has 0 radical (unpaired) electrons. The first-order valence-corrected chi connectivity index (χ1v) is 7.83. The standard InChI is InChI=1S/C18H18N4O/c23-18-4-2-1-3-15(18)17-12-13-11-14(5-6-16(13)20-21-17)22-9-7-19-8-10-22/h1-6,11-12,19,23H,7-10H2. The molecule has 1 aliphatic rings. The third-order valence-electron chi connectivity index (χ3n) is 4.23. The summed E-state index contributed by atoms with van der Waals surface area (Å²) in [5.41, 5.74) is 3.46. The molecule has 1 aromatic heterocycles. The summed E-state index contributed by atoms with van der Waals surface area (Å²) in [6.07, 6.45) is 0. The number of phenolic OH excluding ortho intramolecular Hbond substituents is 1. The highest BCUT2D eigenvalue weighted by Crippen LogP contribution is 2.29. The Morgan fingerprint density at radius 2 is 1.78 bits per heavy atom. The lowest BCUT2D eigenvalue weighted by Crippen LogP contribution is -2.43. The average molecular weight is 306 g/mol. The second-order valence-corrected chi connectivity index (χ2v) is 5.73. The Balaban J connectivity index is 1.76. The van der Waals surface area contributed by atoms with Crippen molar-refractivity contribution in [1.29, 1.82) is 0 Å². The molecule has 0 saturated carbocycles. The maximum absolute atomic E-state index is 10.0. The van der Waals surface area contributed by atoms with Crippen LogP contribution in [-0.2, 0) is 0 Å². The molecule has 3 aromatic rings. The van der Waals surface area contributed by atoms with Crippen LogP contribution >= 0.6 is 0 Å². The van der Waals surface area contributed by atoms with Crippen molar-refractivity contribution in [3.8, 4) is 17.0 Å². The van der Waals surface area contributed by atoms with Crippen molar-refractivity contribution in [1.82, 2.24) is 15.5 Å². The van der Waals surface area contributed by atoms with E-state index in [9.17, 15) is 5.11 Å². The lowest BCUT2D eigenvalue weighted by atomic mass is 10.1. The van der Waals surface area contributed by atoms with Gasteiger partial charge in [-0.15, -0.1) is 10.2 Å².